The van der Waals surface area contributed by atoms with Crippen LogP contribution in [0.1, 0.15) is 31.4 Å². The van der Waals surface area contributed by atoms with E-state index in [0.29, 0.717) is 12.1 Å². The summed E-state index contributed by atoms with van der Waals surface area (Å²) in [4.78, 5) is 0. The minimum absolute atomic E-state index is 0.0792. The molecule has 0 spiro atoms. The molecule has 2 N–H and O–H groups in total. The van der Waals surface area contributed by atoms with E-state index in [2.05, 4.69) is 19.0 Å². The van der Waals surface area contributed by atoms with Gasteiger partial charge in [0.25, 0.3) is 0 Å². The number of rotatable bonds is 0. The molecule has 1 aromatic carbocycles. The van der Waals surface area contributed by atoms with Crippen LogP contribution in [0.2, 0.25) is 0 Å². The molecule has 15 heavy (non-hydrogen) atoms. The van der Waals surface area contributed by atoms with Crippen LogP contribution in [0, 0.1) is 0 Å². The molecule has 80 valence electrons. The van der Waals surface area contributed by atoms with Crippen molar-refractivity contribution in [1.29, 1.82) is 0 Å². The van der Waals surface area contributed by atoms with Crippen molar-refractivity contribution in [3.63, 3.8) is 0 Å². The number of hydrogen-bond acceptors (Lipinski definition) is 3. The fourth-order valence-electron chi connectivity index (χ4n) is 2.29. The average Bonchev–Trinajstić information content (AvgIpc) is 2.17. The lowest BCUT2D eigenvalue weighted by atomic mass is 9.71. The van der Waals surface area contributed by atoms with Crippen molar-refractivity contribution in [2.75, 3.05) is 0 Å². The van der Waals surface area contributed by atoms with E-state index in [1.54, 1.807) is 0 Å². The molecule has 0 radical (unpaired) electrons. The number of benzene rings is 1. The van der Waals surface area contributed by atoms with E-state index in [0.717, 1.165) is 11.1 Å². The molecule has 1 aliphatic carbocycles. The number of nitrogens with zero attached hydrogens (tertiary/aromatic N) is 1. The maximum Gasteiger partial charge on any atom is 0.116 e. The van der Waals surface area contributed by atoms with E-state index in [4.69, 9.17) is 5.21 Å². The largest absolute Gasteiger partial charge is 0.411 e. The second-order valence-corrected chi connectivity index (χ2v) is 4.63. The predicted molar refractivity (Wildman–Crippen MR) is 58.4 cm³/mol. The Morgan fingerprint density at radius 1 is 1.33 bits per heavy atom. The van der Waals surface area contributed by atoms with Crippen molar-refractivity contribution < 1.29 is 10.3 Å². The standard InChI is InChI=1S/C12H15NO2/c1-12(2)7-10(14)11(13-15)8-5-3-4-6-9(8)12/h3-6,10,14-15H,7H2,1-2H3. The molecule has 0 saturated heterocycles. The average molecular weight is 205 g/mol. The van der Waals surface area contributed by atoms with Gasteiger partial charge in [0.2, 0.25) is 0 Å². The summed E-state index contributed by atoms with van der Waals surface area (Å²) in [5.74, 6) is 0. The molecule has 0 heterocycles. The van der Waals surface area contributed by atoms with Crippen LogP contribution >= 0.6 is 0 Å². The van der Waals surface area contributed by atoms with Gasteiger partial charge in [-0.05, 0) is 17.4 Å². The van der Waals surface area contributed by atoms with Gasteiger partial charge in [0.1, 0.15) is 11.8 Å². The Kier molecular flexibility index (Phi) is 2.27. The van der Waals surface area contributed by atoms with Gasteiger partial charge in [0, 0.05) is 5.56 Å². The molecular weight excluding hydrogens is 190 g/mol. The number of aliphatic hydroxyl groups excluding tert-OH is 1. The van der Waals surface area contributed by atoms with E-state index in [1.165, 1.54) is 0 Å². The summed E-state index contributed by atoms with van der Waals surface area (Å²) in [5, 5.41) is 22.0. The summed E-state index contributed by atoms with van der Waals surface area (Å²) in [6, 6.07) is 7.76. The molecule has 1 aromatic rings. The molecular formula is C12H15NO2. The Morgan fingerprint density at radius 2 is 2.00 bits per heavy atom. The summed E-state index contributed by atoms with van der Waals surface area (Å²) in [6.07, 6.45) is -0.0939. The van der Waals surface area contributed by atoms with E-state index < -0.39 is 6.10 Å². The van der Waals surface area contributed by atoms with Crippen LogP contribution in [0.3, 0.4) is 0 Å². The number of fused-ring (bicyclic) bond motifs is 1. The van der Waals surface area contributed by atoms with Gasteiger partial charge in [-0.15, -0.1) is 0 Å². The Labute approximate surface area is 89.1 Å². The molecule has 0 fully saturated rings. The molecule has 1 atom stereocenters. The van der Waals surface area contributed by atoms with E-state index >= 15 is 0 Å². The van der Waals surface area contributed by atoms with Gasteiger partial charge in [0.15, 0.2) is 0 Å². The van der Waals surface area contributed by atoms with Gasteiger partial charge in [-0.1, -0.05) is 43.3 Å². The quantitative estimate of drug-likeness (QED) is 0.502. The zero-order chi connectivity index (χ0) is 11.1. The Balaban J connectivity index is 2.64. The van der Waals surface area contributed by atoms with Crippen molar-refractivity contribution in [3.8, 4) is 0 Å². The Bertz CT molecular complexity index is 410. The zero-order valence-electron chi connectivity index (χ0n) is 8.94. The zero-order valence-corrected chi connectivity index (χ0v) is 8.94. The van der Waals surface area contributed by atoms with Crippen LogP contribution in [0.4, 0.5) is 0 Å². The smallest absolute Gasteiger partial charge is 0.116 e. The van der Waals surface area contributed by atoms with E-state index in [1.807, 2.05) is 24.3 Å². The van der Waals surface area contributed by atoms with Crippen molar-refractivity contribution >= 4 is 5.71 Å². The molecule has 1 unspecified atom stereocenters. The van der Waals surface area contributed by atoms with Crippen LogP contribution in [-0.4, -0.2) is 22.1 Å². The Hall–Kier alpha value is -1.35. The first-order valence-electron chi connectivity index (χ1n) is 5.06. The highest BCUT2D eigenvalue weighted by molar-refractivity contribution is 6.05. The van der Waals surface area contributed by atoms with Crippen LogP contribution < -0.4 is 0 Å². The van der Waals surface area contributed by atoms with Crippen LogP contribution in [0.15, 0.2) is 29.4 Å². The van der Waals surface area contributed by atoms with Gasteiger partial charge in [-0.3, -0.25) is 0 Å². The first-order valence-corrected chi connectivity index (χ1v) is 5.06. The first-order chi connectivity index (χ1) is 7.06. The summed E-state index contributed by atoms with van der Waals surface area (Å²) < 4.78 is 0. The van der Waals surface area contributed by atoms with Crippen LogP contribution in [0.25, 0.3) is 0 Å². The maximum absolute atomic E-state index is 9.86. The van der Waals surface area contributed by atoms with Crippen molar-refractivity contribution in [2.45, 2.75) is 31.8 Å². The third kappa shape index (κ3) is 1.53. The lowest BCUT2D eigenvalue weighted by Crippen LogP contribution is -2.38. The molecule has 0 aliphatic heterocycles. The monoisotopic (exact) mass is 205 g/mol. The summed E-state index contributed by atoms with van der Waals surface area (Å²) in [6.45, 7) is 4.17. The van der Waals surface area contributed by atoms with Gasteiger partial charge in [-0.2, -0.15) is 0 Å². The first kappa shape index (κ1) is 10.2. The Morgan fingerprint density at radius 3 is 2.67 bits per heavy atom. The predicted octanol–water partition coefficient (Wildman–Crippen LogP) is 1.91. The molecule has 0 amide bonds. The van der Waals surface area contributed by atoms with Gasteiger partial charge < -0.3 is 10.3 Å². The van der Waals surface area contributed by atoms with Gasteiger partial charge >= 0.3 is 0 Å². The van der Waals surface area contributed by atoms with Crippen molar-refractivity contribution in [2.24, 2.45) is 5.16 Å². The van der Waals surface area contributed by atoms with Gasteiger partial charge in [-0.25, -0.2) is 0 Å². The SMILES string of the molecule is CC1(C)CC(O)C(=NO)c2ccccc21. The molecule has 3 nitrogen and oxygen atoms in total. The maximum atomic E-state index is 9.86. The molecule has 1 aliphatic rings. The minimum atomic E-state index is -0.681. The van der Waals surface area contributed by atoms with Gasteiger partial charge in [0.05, 0.1) is 0 Å². The fourth-order valence-corrected chi connectivity index (χ4v) is 2.29. The lowest BCUT2D eigenvalue weighted by molar-refractivity contribution is 0.187. The lowest BCUT2D eigenvalue weighted by Gasteiger charge is -2.35. The summed E-state index contributed by atoms with van der Waals surface area (Å²) >= 11 is 0. The summed E-state index contributed by atoms with van der Waals surface area (Å²) in [5.41, 5.74) is 2.28. The molecule has 3 heteroatoms. The highest BCUT2D eigenvalue weighted by Gasteiger charge is 2.36. The fraction of sp³-hybridized carbons (Fsp3) is 0.417. The molecule has 0 saturated carbocycles. The topological polar surface area (TPSA) is 52.8 Å². The van der Waals surface area contributed by atoms with Crippen molar-refractivity contribution in [1.82, 2.24) is 0 Å². The van der Waals surface area contributed by atoms with E-state index in [9.17, 15) is 5.11 Å². The number of aliphatic hydroxyl groups is 1. The number of hydrogen-bond donors (Lipinski definition) is 2. The van der Waals surface area contributed by atoms with E-state index in [-0.39, 0.29) is 5.41 Å². The third-order valence-corrected chi connectivity index (χ3v) is 3.06. The number of oxime groups is 1. The second-order valence-electron chi connectivity index (χ2n) is 4.63. The highest BCUT2D eigenvalue weighted by atomic mass is 16.4. The third-order valence-electron chi connectivity index (χ3n) is 3.06. The normalized spacial score (nSPS) is 26.3. The minimum Gasteiger partial charge on any atom is -0.411 e. The van der Waals surface area contributed by atoms with Crippen molar-refractivity contribution in [3.05, 3.63) is 35.4 Å². The molecule has 2 rings (SSSR count). The summed E-state index contributed by atoms with van der Waals surface area (Å²) in [7, 11) is 0. The highest BCUT2D eigenvalue weighted by Crippen LogP contribution is 2.36. The van der Waals surface area contributed by atoms with Crippen LogP contribution in [-0.2, 0) is 5.41 Å². The molecule has 0 aromatic heterocycles. The second kappa shape index (κ2) is 3.35. The molecule has 0 bridgehead atoms. The van der Waals surface area contributed by atoms with Crippen LogP contribution in [0.5, 0.6) is 0 Å².